The van der Waals surface area contributed by atoms with E-state index in [0.29, 0.717) is 6.42 Å². The van der Waals surface area contributed by atoms with Gasteiger partial charge in [0.1, 0.15) is 0 Å². The van der Waals surface area contributed by atoms with Gasteiger partial charge in [0, 0.05) is 0 Å². The van der Waals surface area contributed by atoms with Crippen LogP contribution in [0.25, 0.3) is 0 Å². The van der Waals surface area contributed by atoms with Crippen molar-refractivity contribution in [1.82, 2.24) is 0 Å². The second-order valence-corrected chi connectivity index (χ2v) is 5.68. The van der Waals surface area contributed by atoms with Crippen LogP contribution in [0.4, 0.5) is 0 Å². The van der Waals surface area contributed by atoms with Crippen molar-refractivity contribution in [2.24, 2.45) is 0 Å². The quantitative estimate of drug-likeness (QED) is 0.434. The zero-order valence-corrected chi connectivity index (χ0v) is 11.8. The predicted octanol–water partition coefficient (Wildman–Crippen LogP) is 3.38. The Morgan fingerprint density at radius 2 is 1.35 bits per heavy atom. The summed E-state index contributed by atoms with van der Waals surface area (Å²) in [7, 11) is -4.49. The lowest BCUT2D eigenvalue weighted by Gasteiger charge is -2.14. The Hall–Kier alpha value is 0.110. The summed E-state index contributed by atoms with van der Waals surface area (Å²) in [6, 6.07) is 0. The standard InChI is InChI=1S/C12H27O4P/c1-2-3-4-5-6-7-8-9-10-11-12-16-17(13,14)15/h2-12H2,1H3,(H2,13,14,15)/p-1. The molecular weight excluding hydrogens is 239 g/mol. The van der Waals surface area contributed by atoms with Gasteiger partial charge in [0.2, 0.25) is 0 Å². The number of rotatable bonds is 12. The van der Waals surface area contributed by atoms with E-state index < -0.39 is 7.82 Å². The van der Waals surface area contributed by atoms with Gasteiger partial charge >= 0.3 is 0 Å². The van der Waals surface area contributed by atoms with Crippen LogP contribution in [0.15, 0.2) is 0 Å². The minimum Gasteiger partial charge on any atom is -0.756 e. The van der Waals surface area contributed by atoms with Crippen LogP contribution in [0.2, 0.25) is 0 Å². The first-order valence-electron chi connectivity index (χ1n) is 6.74. The summed E-state index contributed by atoms with van der Waals surface area (Å²) < 4.78 is 14.5. The highest BCUT2D eigenvalue weighted by atomic mass is 31.2. The molecule has 0 aliphatic rings. The molecule has 0 heterocycles. The van der Waals surface area contributed by atoms with Gasteiger partial charge in [-0.2, -0.15) is 0 Å². The first kappa shape index (κ1) is 17.1. The first-order chi connectivity index (χ1) is 8.06. The van der Waals surface area contributed by atoms with Crippen LogP contribution >= 0.6 is 7.82 Å². The molecule has 1 N–H and O–H groups in total. The fraction of sp³-hybridized carbons (Fsp3) is 1.00. The fourth-order valence-corrected chi connectivity index (χ4v) is 2.13. The highest BCUT2D eigenvalue weighted by molar-refractivity contribution is 7.44. The Labute approximate surface area is 105 Å². The van der Waals surface area contributed by atoms with Crippen molar-refractivity contribution in [2.75, 3.05) is 6.61 Å². The maximum atomic E-state index is 10.3. The van der Waals surface area contributed by atoms with E-state index in [4.69, 9.17) is 4.89 Å². The van der Waals surface area contributed by atoms with Crippen molar-refractivity contribution in [2.45, 2.75) is 71.1 Å². The maximum Gasteiger partial charge on any atom is 0.265 e. The van der Waals surface area contributed by atoms with Gasteiger partial charge in [0.25, 0.3) is 7.82 Å². The first-order valence-corrected chi connectivity index (χ1v) is 8.24. The van der Waals surface area contributed by atoms with E-state index in [2.05, 4.69) is 11.4 Å². The monoisotopic (exact) mass is 265 g/mol. The summed E-state index contributed by atoms with van der Waals surface area (Å²) in [5.41, 5.74) is 0. The molecule has 1 atom stereocenters. The Morgan fingerprint density at radius 3 is 1.76 bits per heavy atom. The van der Waals surface area contributed by atoms with E-state index in [1.165, 1.54) is 44.9 Å². The molecule has 0 aromatic heterocycles. The van der Waals surface area contributed by atoms with Gasteiger partial charge < -0.3 is 14.3 Å². The Bertz CT molecular complexity index is 203. The van der Waals surface area contributed by atoms with Gasteiger partial charge in [0.05, 0.1) is 6.61 Å². The fourth-order valence-electron chi connectivity index (χ4n) is 1.77. The van der Waals surface area contributed by atoms with Crippen LogP contribution in [0.3, 0.4) is 0 Å². The molecule has 0 spiro atoms. The molecule has 17 heavy (non-hydrogen) atoms. The third-order valence-electron chi connectivity index (χ3n) is 2.75. The number of unbranched alkanes of at least 4 members (excludes halogenated alkanes) is 9. The van der Waals surface area contributed by atoms with Crippen LogP contribution < -0.4 is 4.89 Å². The molecule has 0 rings (SSSR count). The Balaban J connectivity index is 3.01. The van der Waals surface area contributed by atoms with E-state index >= 15 is 0 Å². The van der Waals surface area contributed by atoms with Gasteiger partial charge in [-0.05, 0) is 6.42 Å². The van der Waals surface area contributed by atoms with E-state index in [1.54, 1.807) is 0 Å². The summed E-state index contributed by atoms with van der Waals surface area (Å²) in [6.07, 6.45) is 11.9. The van der Waals surface area contributed by atoms with Crippen LogP contribution in [-0.4, -0.2) is 11.5 Å². The van der Waals surface area contributed by atoms with Gasteiger partial charge in [-0.3, -0.25) is 4.57 Å². The van der Waals surface area contributed by atoms with Crippen molar-refractivity contribution in [3.8, 4) is 0 Å². The van der Waals surface area contributed by atoms with Crippen LogP contribution in [0.5, 0.6) is 0 Å². The Kier molecular flexibility index (Phi) is 11.3. The molecular formula is C12H26O4P-. The smallest absolute Gasteiger partial charge is 0.265 e. The predicted molar refractivity (Wildman–Crippen MR) is 67.6 cm³/mol. The van der Waals surface area contributed by atoms with Crippen LogP contribution in [0.1, 0.15) is 71.1 Å². The lowest BCUT2D eigenvalue weighted by Crippen LogP contribution is -2.04. The summed E-state index contributed by atoms with van der Waals surface area (Å²) in [6.45, 7) is 2.32. The molecule has 0 saturated carbocycles. The number of phosphoric ester groups is 1. The van der Waals surface area contributed by atoms with Gasteiger partial charge in [0.15, 0.2) is 0 Å². The molecule has 0 radical (unpaired) electrons. The average Bonchev–Trinajstić information content (AvgIpc) is 2.24. The highest BCUT2D eigenvalue weighted by Crippen LogP contribution is 2.30. The number of phosphoric acid groups is 1. The highest BCUT2D eigenvalue weighted by Gasteiger charge is 2.00. The zero-order chi connectivity index (χ0) is 13.0. The van der Waals surface area contributed by atoms with Crippen molar-refractivity contribution in [3.63, 3.8) is 0 Å². The van der Waals surface area contributed by atoms with Gasteiger partial charge in [-0.25, -0.2) is 0 Å². The average molecular weight is 265 g/mol. The van der Waals surface area contributed by atoms with Crippen molar-refractivity contribution >= 4 is 7.82 Å². The van der Waals surface area contributed by atoms with E-state index in [-0.39, 0.29) is 6.61 Å². The topological polar surface area (TPSA) is 69.6 Å². The molecule has 0 aliphatic carbocycles. The summed E-state index contributed by atoms with van der Waals surface area (Å²) in [5.74, 6) is 0. The van der Waals surface area contributed by atoms with Crippen molar-refractivity contribution < 1.29 is 18.9 Å². The molecule has 0 fully saturated rings. The van der Waals surface area contributed by atoms with Crippen LogP contribution in [0, 0.1) is 0 Å². The molecule has 0 aromatic rings. The maximum absolute atomic E-state index is 10.3. The van der Waals surface area contributed by atoms with E-state index in [9.17, 15) is 9.46 Å². The van der Waals surface area contributed by atoms with Gasteiger partial charge in [-0.1, -0.05) is 64.7 Å². The largest absolute Gasteiger partial charge is 0.756 e. The lowest BCUT2D eigenvalue weighted by atomic mass is 10.1. The number of hydrogen-bond acceptors (Lipinski definition) is 3. The minimum absolute atomic E-state index is 0.105. The molecule has 4 nitrogen and oxygen atoms in total. The molecule has 1 unspecified atom stereocenters. The third kappa shape index (κ3) is 16.1. The van der Waals surface area contributed by atoms with Crippen LogP contribution in [-0.2, 0) is 9.09 Å². The molecule has 0 aliphatic heterocycles. The second kappa shape index (κ2) is 11.2. The van der Waals surface area contributed by atoms with E-state index in [1.807, 2.05) is 0 Å². The minimum atomic E-state index is -4.49. The third-order valence-corrected chi connectivity index (χ3v) is 3.26. The Morgan fingerprint density at radius 1 is 0.941 bits per heavy atom. The molecule has 104 valence electrons. The normalized spacial score (nSPS) is 14.8. The molecule has 0 aromatic carbocycles. The molecule has 0 bridgehead atoms. The second-order valence-electron chi connectivity index (χ2n) is 4.48. The lowest BCUT2D eigenvalue weighted by molar-refractivity contribution is -0.219. The molecule has 0 saturated heterocycles. The summed E-state index contributed by atoms with van der Waals surface area (Å²) in [4.78, 5) is 18.6. The summed E-state index contributed by atoms with van der Waals surface area (Å²) in [5, 5.41) is 0. The van der Waals surface area contributed by atoms with E-state index in [0.717, 1.165) is 12.8 Å². The SMILES string of the molecule is CCCCCCCCCCCCOP(=O)([O-])O. The molecule has 5 heteroatoms. The van der Waals surface area contributed by atoms with Crippen molar-refractivity contribution in [3.05, 3.63) is 0 Å². The van der Waals surface area contributed by atoms with Crippen molar-refractivity contribution in [1.29, 1.82) is 0 Å². The number of hydrogen-bond donors (Lipinski definition) is 1. The zero-order valence-electron chi connectivity index (χ0n) is 10.9. The van der Waals surface area contributed by atoms with Gasteiger partial charge in [-0.15, -0.1) is 0 Å². The summed E-state index contributed by atoms with van der Waals surface area (Å²) >= 11 is 0. The molecule has 0 amide bonds.